The summed E-state index contributed by atoms with van der Waals surface area (Å²) in [6.45, 7) is 1.90. The smallest absolute Gasteiger partial charge is 0.276 e. The van der Waals surface area contributed by atoms with Crippen LogP contribution in [0.5, 0.6) is 0 Å². The number of aromatic nitrogens is 4. The summed E-state index contributed by atoms with van der Waals surface area (Å²) < 4.78 is 1.74. The molecule has 0 aliphatic carbocycles. The van der Waals surface area contributed by atoms with Gasteiger partial charge in [0.1, 0.15) is 0 Å². The van der Waals surface area contributed by atoms with Crippen LogP contribution in [0.4, 0.5) is 0 Å². The summed E-state index contributed by atoms with van der Waals surface area (Å²) in [5.41, 5.74) is 3.00. The average Bonchev–Trinajstić information content (AvgIpc) is 3.27. The van der Waals surface area contributed by atoms with Crippen LogP contribution in [-0.2, 0) is 0 Å². The molecule has 2 saturated heterocycles. The predicted octanol–water partition coefficient (Wildman–Crippen LogP) is 3.32. The van der Waals surface area contributed by atoms with Crippen LogP contribution in [0.25, 0.3) is 16.6 Å². The molecule has 1 aromatic carbocycles. The van der Waals surface area contributed by atoms with Crippen LogP contribution in [0.1, 0.15) is 41.9 Å². The zero-order valence-corrected chi connectivity index (χ0v) is 18.6. The van der Waals surface area contributed by atoms with Crippen molar-refractivity contribution in [3.8, 4) is 5.69 Å². The number of amides is 1. The van der Waals surface area contributed by atoms with Crippen molar-refractivity contribution < 1.29 is 4.79 Å². The molecular formula is C21H26Cl2N6O. The fourth-order valence-corrected chi connectivity index (χ4v) is 4.64. The number of hydrogen-bond acceptors (Lipinski definition) is 5. The Morgan fingerprint density at radius 3 is 2.63 bits per heavy atom. The largest absolute Gasteiger partial charge is 0.337 e. The fourth-order valence-electron chi connectivity index (χ4n) is 4.64. The summed E-state index contributed by atoms with van der Waals surface area (Å²) in [5.74, 6) is -0.0440. The second kappa shape index (κ2) is 8.88. The van der Waals surface area contributed by atoms with E-state index >= 15 is 0 Å². The third-order valence-corrected chi connectivity index (χ3v) is 6.24. The predicted molar refractivity (Wildman–Crippen MR) is 121 cm³/mol. The maximum atomic E-state index is 13.1. The van der Waals surface area contributed by atoms with Gasteiger partial charge in [-0.1, -0.05) is 11.3 Å². The molecule has 2 aromatic heterocycles. The van der Waals surface area contributed by atoms with Crippen molar-refractivity contribution >= 4 is 41.6 Å². The number of rotatable bonds is 3. The minimum Gasteiger partial charge on any atom is -0.337 e. The maximum absolute atomic E-state index is 13.1. The topological polar surface area (TPSA) is 75.9 Å². The Balaban J connectivity index is 0.00000128. The normalized spacial score (nSPS) is 22.3. The first-order valence-corrected chi connectivity index (χ1v) is 9.91. The Morgan fingerprint density at radius 2 is 1.90 bits per heavy atom. The number of benzene rings is 1. The summed E-state index contributed by atoms with van der Waals surface area (Å²) >= 11 is 0. The van der Waals surface area contributed by atoms with Gasteiger partial charge in [0.05, 0.1) is 16.9 Å². The van der Waals surface area contributed by atoms with Crippen LogP contribution < -0.4 is 5.32 Å². The lowest BCUT2D eigenvalue weighted by Crippen LogP contribution is -2.48. The van der Waals surface area contributed by atoms with Gasteiger partial charge in [0.2, 0.25) is 0 Å². The van der Waals surface area contributed by atoms with Gasteiger partial charge < -0.3 is 10.2 Å². The lowest BCUT2D eigenvalue weighted by atomic mass is 9.98. The van der Waals surface area contributed by atoms with Crippen molar-refractivity contribution in [1.29, 1.82) is 0 Å². The van der Waals surface area contributed by atoms with Crippen molar-refractivity contribution in [2.24, 2.45) is 0 Å². The Hall–Kier alpha value is -2.22. The first-order valence-electron chi connectivity index (χ1n) is 9.91. The van der Waals surface area contributed by atoms with Crippen molar-refractivity contribution in [3.63, 3.8) is 0 Å². The highest BCUT2D eigenvalue weighted by molar-refractivity contribution is 5.93. The average molecular weight is 449 g/mol. The fraction of sp³-hybridized carbons (Fsp3) is 0.429. The summed E-state index contributed by atoms with van der Waals surface area (Å²) in [6.07, 6.45) is 6.25. The Morgan fingerprint density at radius 1 is 1.17 bits per heavy atom. The van der Waals surface area contributed by atoms with Crippen molar-refractivity contribution in [3.05, 3.63) is 47.9 Å². The van der Waals surface area contributed by atoms with Gasteiger partial charge in [0.25, 0.3) is 5.91 Å². The second-order valence-electron chi connectivity index (χ2n) is 7.99. The van der Waals surface area contributed by atoms with Crippen LogP contribution >= 0.6 is 24.8 Å². The molecule has 0 radical (unpaired) electrons. The van der Waals surface area contributed by atoms with Crippen molar-refractivity contribution in [1.82, 2.24) is 30.2 Å². The molecule has 0 spiro atoms. The summed E-state index contributed by atoms with van der Waals surface area (Å²) in [5, 5.41) is 13.2. The highest BCUT2D eigenvalue weighted by Crippen LogP contribution is 2.30. The van der Waals surface area contributed by atoms with Gasteiger partial charge in [-0.25, -0.2) is 4.68 Å². The molecule has 2 fully saturated rings. The number of carbonyl (C=O) groups is 1. The molecule has 2 aliphatic heterocycles. The maximum Gasteiger partial charge on any atom is 0.276 e. The van der Waals surface area contributed by atoms with E-state index < -0.39 is 0 Å². The Kier molecular flexibility index (Phi) is 6.65. The van der Waals surface area contributed by atoms with Gasteiger partial charge in [0, 0.05) is 36.8 Å². The minimum absolute atomic E-state index is 0. The molecule has 5 rings (SSSR count). The summed E-state index contributed by atoms with van der Waals surface area (Å²) in [6, 6.07) is 11.2. The van der Waals surface area contributed by atoms with E-state index in [-0.39, 0.29) is 36.8 Å². The molecule has 2 aliphatic rings. The van der Waals surface area contributed by atoms with Crippen LogP contribution in [0.2, 0.25) is 0 Å². The number of nitrogens with zero attached hydrogens (tertiary/aromatic N) is 5. The lowest BCUT2D eigenvalue weighted by molar-refractivity contribution is 0.0675. The molecule has 0 saturated carbocycles. The molecule has 1 N–H and O–H groups in total. The molecule has 4 heterocycles. The molecule has 1 amide bonds. The van der Waals surface area contributed by atoms with E-state index in [2.05, 4.69) is 20.6 Å². The molecule has 2 atom stereocenters. The molecule has 3 aromatic rings. The van der Waals surface area contributed by atoms with Gasteiger partial charge in [-0.05, 0) is 56.9 Å². The molecule has 2 bridgehead atoms. The van der Waals surface area contributed by atoms with E-state index in [1.165, 1.54) is 12.8 Å². The quantitative estimate of drug-likeness (QED) is 0.664. The number of nitrogens with one attached hydrogen (secondary N) is 1. The first-order chi connectivity index (χ1) is 13.6. The van der Waals surface area contributed by atoms with E-state index in [1.54, 1.807) is 10.9 Å². The van der Waals surface area contributed by atoms with Crippen molar-refractivity contribution in [2.45, 2.75) is 50.7 Å². The number of carbonyl (C=O) groups excluding carboxylic acids is 1. The van der Waals surface area contributed by atoms with Gasteiger partial charge in [-0.2, -0.15) is 0 Å². The Bertz CT molecular complexity index is 1040. The number of hydrogen-bond donors (Lipinski definition) is 1. The van der Waals surface area contributed by atoms with E-state index in [1.807, 2.05) is 49.2 Å². The molecular weight excluding hydrogens is 423 g/mol. The molecule has 30 heavy (non-hydrogen) atoms. The third-order valence-electron chi connectivity index (χ3n) is 6.24. The first kappa shape index (κ1) is 22.5. The highest BCUT2D eigenvalue weighted by atomic mass is 35.5. The molecule has 7 nitrogen and oxygen atoms in total. The van der Waals surface area contributed by atoms with Crippen LogP contribution in [0, 0.1) is 6.92 Å². The summed E-state index contributed by atoms with van der Waals surface area (Å²) in [7, 11) is 1.90. The number of fused-ring (bicyclic) bond motifs is 3. The molecule has 9 heteroatoms. The van der Waals surface area contributed by atoms with E-state index in [0.29, 0.717) is 17.8 Å². The van der Waals surface area contributed by atoms with E-state index in [4.69, 9.17) is 0 Å². The lowest BCUT2D eigenvalue weighted by Gasteiger charge is -2.35. The van der Waals surface area contributed by atoms with Crippen molar-refractivity contribution in [2.75, 3.05) is 7.05 Å². The van der Waals surface area contributed by atoms with Crippen LogP contribution in [-0.4, -0.2) is 56.0 Å². The summed E-state index contributed by atoms with van der Waals surface area (Å²) in [4.78, 5) is 19.4. The standard InChI is InChI=1S/C21H24N6O.2ClH/c1-13-20(21(28)26(2)18-11-15-5-6-16(12-18)23-15)24-25-27(13)17-7-8-19-14(10-17)4-3-9-22-19;;/h3-4,7-10,15-16,18,23H,5-6,11-12H2,1-2H3;2*1H. The SMILES string of the molecule is Cc1c(C(=O)N(C)C2CC3CCC(C2)N3)nnn1-c1ccc2ncccc2c1.Cl.Cl. The number of piperidine rings is 1. The third kappa shape index (κ3) is 3.89. The zero-order valence-electron chi connectivity index (χ0n) is 17.0. The molecule has 160 valence electrons. The van der Waals surface area contributed by atoms with Gasteiger partial charge in [-0.15, -0.1) is 29.9 Å². The van der Waals surface area contributed by atoms with Gasteiger partial charge in [0.15, 0.2) is 5.69 Å². The zero-order chi connectivity index (χ0) is 19.3. The van der Waals surface area contributed by atoms with E-state index in [9.17, 15) is 4.79 Å². The van der Waals surface area contributed by atoms with Gasteiger partial charge in [-0.3, -0.25) is 9.78 Å². The number of pyridine rings is 1. The van der Waals surface area contributed by atoms with Crippen LogP contribution in [0.3, 0.4) is 0 Å². The molecule has 2 unspecified atom stereocenters. The number of halogens is 2. The Labute approximate surface area is 188 Å². The van der Waals surface area contributed by atoms with Gasteiger partial charge >= 0.3 is 0 Å². The second-order valence-corrected chi connectivity index (χ2v) is 7.99. The van der Waals surface area contributed by atoms with Crippen LogP contribution in [0.15, 0.2) is 36.5 Å². The minimum atomic E-state index is -0.0440. The highest BCUT2D eigenvalue weighted by Gasteiger charge is 2.37. The van der Waals surface area contributed by atoms with E-state index in [0.717, 1.165) is 35.1 Å². The monoisotopic (exact) mass is 448 g/mol.